The average molecular weight is 452 g/mol. The zero-order valence-corrected chi connectivity index (χ0v) is 18.6. The third kappa shape index (κ3) is 5.08. The summed E-state index contributed by atoms with van der Waals surface area (Å²) in [6.07, 6.45) is 2.86. The number of benzene rings is 1. The molecule has 1 aliphatic rings. The van der Waals surface area contributed by atoms with E-state index in [1.807, 2.05) is 25.7 Å². The van der Waals surface area contributed by atoms with Crippen molar-refractivity contribution in [2.24, 2.45) is 0 Å². The number of piperazine rings is 1. The Hall–Kier alpha value is -4.02. The molecule has 0 saturated carbocycles. The van der Waals surface area contributed by atoms with Crippen molar-refractivity contribution in [2.45, 2.75) is 26.4 Å². The Bertz CT molecular complexity index is 1150. The summed E-state index contributed by atoms with van der Waals surface area (Å²) in [5, 5.41) is 15.8. The Morgan fingerprint density at radius 1 is 1.09 bits per heavy atom. The van der Waals surface area contributed by atoms with Crippen LogP contribution in [0.25, 0.3) is 22.8 Å². The molecule has 0 unspecified atom stereocenters. The van der Waals surface area contributed by atoms with Gasteiger partial charge in [-0.15, -0.1) is 0 Å². The number of nitro groups is 1. The fourth-order valence-corrected chi connectivity index (χ4v) is 3.49. The molecule has 172 valence electrons. The predicted octanol–water partition coefficient (Wildman–Crippen LogP) is 3.76. The minimum atomic E-state index is -0.575. The summed E-state index contributed by atoms with van der Waals surface area (Å²) in [4.78, 5) is 35.5. The van der Waals surface area contributed by atoms with Gasteiger partial charge in [-0.25, -0.2) is 4.79 Å². The van der Waals surface area contributed by atoms with Crippen LogP contribution in [0.1, 0.15) is 20.8 Å². The van der Waals surface area contributed by atoms with E-state index in [1.165, 1.54) is 6.07 Å². The van der Waals surface area contributed by atoms with Crippen molar-refractivity contribution in [3.05, 3.63) is 52.8 Å². The van der Waals surface area contributed by atoms with E-state index in [0.717, 1.165) is 5.56 Å². The summed E-state index contributed by atoms with van der Waals surface area (Å²) in [6, 6.07) is 8.31. The first kappa shape index (κ1) is 22.2. The first-order chi connectivity index (χ1) is 15.7. The van der Waals surface area contributed by atoms with Gasteiger partial charge in [-0.1, -0.05) is 5.16 Å². The molecule has 0 radical (unpaired) electrons. The van der Waals surface area contributed by atoms with Gasteiger partial charge in [0, 0.05) is 55.8 Å². The van der Waals surface area contributed by atoms with Crippen LogP contribution in [-0.4, -0.2) is 62.8 Å². The van der Waals surface area contributed by atoms with Crippen molar-refractivity contribution < 1.29 is 19.0 Å². The molecule has 3 heterocycles. The Balaban J connectivity index is 1.51. The summed E-state index contributed by atoms with van der Waals surface area (Å²) in [5.41, 5.74) is 1.01. The minimum Gasteiger partial charge on any atom is -0.444 e. The second-order valence-corrected chi connectivity index (χ2v) is 8.57. The van der Waals surface area contributed by atoms with E-state index in [2.05, 4.69) is 15.1 Å². The number of nitro benzene ring substituents is 1. The standard InChI is InChI=1S/C22H24N6O5/c1-22(2,3)32-21(29)27-12-10-26(11-13-27)17-5-4-16(14-18(17)28(30)31)20-24-19(25-33-20)15-6-8-23-9-7-15/h4-9,14H,10-13H2,1-3H3. The van der Waals surface area contributed by atoms with Crippen molar-refractivity contribution >= 4 is 17.5 Å². The van der Waals surface area contributed by atoms with E-state index in [9.17, 15) is 14.9 Å². The molecule has 0 spiro atoms. The maximum atomic E-state index is 12.3. The molecule has 11 nitrogen and oxygen atoms in total. The number of aromatic nitrogens is 3. The van der Waals surface area contributed by atoms with Gasteiger partial charge < -0.3 is 19.1 Å². The van der Waals surface area contributed by atoms with E-state index in [4.69, 9.17) is 9.26 Å². The van der Waals surface area contributed by atoms with Crippen molar-refractivity contribution in [2.75, 3.05) is 31.1 Å². The van der Waals surface area contributed by atoms with Gasteiger partial charge in [0.25, 0.3) is 11.6 Å². The van der Waals surface area contributed by atoms with Crippen LogP contribution >= 0.6 is 0 Å². The molecule has 1 aromatic carbocycles. The van der Waals surface area contributed by atoms with Crippen LogP contribution in [0.3, 0.4) is 0 Å². The number of ether oxygens (including phenoxy) is 1. The summed E-state index contributed by atoms with van der Waals surface area (Å²) < 4.78 is 10.7. The highest BCUT2D eigenvalue weighted by Gasteiger charge is 2.29. The van der Waals surface area contributed by atoms with Crippen LogP contribution in [0.5, 0.6) is 0 Å². The van der Waals surface area contributed by atoms with Crippen LogP contribution in [0.2, 0.25) is 0 Å². The third-order valence-electron chi connectivity index (χ3n) is 5.06. The molecular weight excluding hydrogens is 428 g/mol. The number of nitrogens with zero attached hydrogens (tertiary/aromatic N) is 6. The van der Waals surface area contributed by atoms with Crippen LogP contribution in [0, 0.1) is 10.1 Å². The van der Waals surface area contributed by atoms with Gasteiger partial charge >= 0.3 is 6.09 Å². The van der Waals surface area contributed by atoms with E-state index >= 15 is 0 Å². The van der Waals surface area contributed by atoms with Crippen LogP contribution in [-0.2, 0) is 4.74 Å². The largest absolute Gasteiger partial charge is 0.444 e. The lowest BCUT2D eigenvalue weighted by atomic mass is 10.1. The number of anilines is 1. The van der Waals surface area contributed by atoms with Crippen LogP contribution in [0.15, 0.2) is 47.2 Å². The molecule has 1 aliphatic heterocycles. The smallest absolute Gasteiger partial charge is 0.410 e. The van der Waals surface area contributed by atoms with Gasteiger partial charge in [-0.3, -0.25) is 15.1 Å². The van der Waals surface area contributed by atoms with E-state index in [-0.39, 0.29) is 17.7 Å². The molecule has 0 aliphatic carbocycles. The lowest BCUT2D eigenvalue weighted by molar-refractivity contribution is -0.384. The molecular formula is C22H24N6O5. The Labute approximate surface area is 190 Å². The SMILES string of the molecule is CC(C)(C)OC(=O)N1CCN(c2ccc(-c3nc(-c4ccncc4)no3)cc2[N+](=O)[O-])CC1. The second-order valence-electron chi connectivity index (χ2n) is 8.57. The number of amides is 1. The molecule has 1 amide bonds. The lowest BCUT2D eigenvalue weighted by Crippen LogP contribution is -2.50. The number of carbonyl (C=O) groups excluding carboxylic acids is 1. The number of carbonyl (C=O) groups is 1. The molecule has 0 bridgehead atoms. The van der Waals surface area contributed by atoms with Crippen LogP contribution < -0.4 is 4.90 Å². The lowest BCUT2D eigenvalue weighted by Gasteiger charge is -2.36. The molecule has 2 aromatic heterocycles. The Morgan fingerprint density at radius 2 is 1.79 bits per heavy atom. The zero-order chi connectivity index (χ0) is 23.6. The van der Waals surface area contributed by atoms with E-state index in [0.29, 0.717) is 43.3 Å². The highest BCUT2D eigenvalue weighted by Crippen LogP contribution is 2.34. The van der Waals surface area contributed by atoms with Gasteiger partial charge in [0.15, 0.2) is 0 Å². The third-order valence-corrected chi connectivity index (χ3v) is 5.06. The highest BCUT2D eigenvalue weighted by molar-refractivity contribution is 5.73. The second kappa shape index (κ2) is 8.85. The van der Waals surface area contributed by atoms with Gasteiger partial charge in [-0.05, 0) is 45.0 Å². The summed E-state index contributed by atoms with van der Waals surface area (Å²) in [7, 11) is 0. The highest BCUT2D eigenvalue weighted by atomic mass is 16.6. The first-order valence-electron chi connectivity index (χ1n) is 10.5. The maximum Gasteiger partial charge on any atom is 0.410 e. The zero-order valence-electron chi connectivity index (χ0n) is 18.6. The topological polar surface area (TPSA) is 128 Å². The molecule has 0 N–H and O–H groups in total. The summed E-state index contributed by atoms with van der Waals surface area (Å²) in [6.45, 7) is 7.17. The van der Waals surface area contributed by atoms with E-state index < -0.39 is 10.5 Å². The first-order valence-corrected chi connectivity index (χ1v) is 10.5. The van der Waals surface area contributed by atoms with Crippen molar-refractivity contribution in [1.82, 2.24) is 20.0 Å². The fraction of sp³-hybridized carbons (Fsp3) is 0.364. The predicted molar refractivity (Wildman–Crippen MR) is 120 cm³/mol. The number of pyridine rings is 1. The summed E-state index contributed by atoms with van der Waals surface area (Å²) >= 11 is 0. The Morgan fingerprint density at radius 3 is 2.42 bits per heavy atom. The van der Waals surface area contributed by atoms with Gasteiger partial charge in [-0.2, -0.15) is 4.98 Å². The van der Waals surface area contributed by atoms with E-state index in [1.54, 1.807) is 41.6 Å². The molecule has 1 saturated heterocycles. The molecule has 1 fully saturated rings. The Kier molecular flexibility index (Phi) is 5.95. The maximum absolute atomic E-state index is 12.3. The van der Waals surface area contributed by atoms with Crippen LogP contribution in [0.4, 0.5) is 16.2 Å². The van der Waals surface area contributed by atoms with Crippen molar-refractivity contribution in [3.8, 4) is 22.8 Å². The van der Waals surface area contributed by atoms with Crippen molar-refractivity contribution in [3.63, 3.8) is 0 Å². The molecule has 0 atom stereocenters. The number of hydrogen-bond donors (Lipinski definition) is 0. The molecule has 4 rings (SSSR count). The van der Waals surface area contributed by atoms with Gasteiger partial charge in [0.05, 0.1) is 4.92 Å². The number of hydrogen-bond acceptors (Lipinski definition) is 9. The van der Waals surface area contributed by atoms with Gasteiger partial charge in [0.2, 0.25) is 5.82 Å². The van der Waals surface area contributed by atoms with Crippen molar-refractivity contribution in [1.29, 1.82) is 0 Å². The molecule has 11 heteroatoms. The van der Waals surface area contributed by atoms with Gasteiger partial charge in [0.1, 0.15) is 11.3 Å². The average Bonchev–Trinajstić information content (AvgIpc) is 3.29. The summed E-state index contributed by atoms with van der Waals surface area (Å²) in [5.74, 6) is 0.559. The monoisotopic (exact) mass is 452 g/mol. The molecule has 3 aromatic rings. The molecule has 33 heavy (non-hydrogen) atoms. The fourth-order valence-electron chi connectivity index (χ4n) is 3.49. The quantitative estimate of drug-likeness (QED) is 0.429. The normalized spacial score (nSPS) is 14.3. The minimum absolute atomic E-state index is 0.0677. The number of rotatable bonds is 4.